The Labute approximate surface area is 212 Å². The van der Waals surface area contributed by atoms with E-state index in [1.165, 1.54) is 25.6 Å². The first-order valence-electron chi connectivity index (χ1n) is 12.4. The molecule has 2 fully saturated rings. The summed E-state index contributed by atoms with van der Waals surface area (Å²) in [4.78, 5) is 8.93. The number of aromatic nitrogens is 3. The number of aliphatic hydroxyl groups is 1. The molecule has 8 heteroatoms. The molecular weight excluding hydrogens is 469 g/mol. The zero-order valence-corrected chi connectivity index (χ0v) is 21.6. The van der Waals surface area contributed by atoms with Gasteiger partial charge in [-0.15, -0.1) is 0 Å². The fourth-order valence-electron chi connectivity index (χ4n) is 6.26. The van der Waals surface area contributed by atoms with Crippen LogP contribution in [0.1, 0.15) is 38.7 Å². The smallest absolute Gasteiger partial charge is 0.137 e. The Kier molecular flexibility index (Phi) is 6.81. The van der Waals surface area contributed by atoms with Gasteiger partial charge in [-0.3, -0.25) is 4.90 Å². The van der Waals surface area contributed by atoms with Gasteiger partial charge < -0.3 is 10.0 Å². The molecule has 0 radical (unpaired) electrons. The maximum Gasteiger partial charge on any atom is 0.137 e. The summed E-state index contributed by atoms with van der Waals surface area (Å²) in [6.07, 6.45) is 9.49. The second-order valence-corrected chi connectivity index (χ2v) is 11.8. The Morgan fingerprint density at radius 2 is 1.88 bits per heavy atom. The molecule has 3 aliphatic carbocycles. The molecule has 1 N–H and O–H groups in total. The van der Waals surface area contributed by atoms with E-state index in [4.69, 9.17) is 23.2 Å². The lowest BCUT2D eigenvalue weighted by atomic mass is 9.48. The maximum absolute atomic E-state index is 11.8. The molecule has 2 heterocycles. The van der Waals surface area contributed by atoms with Crippen molar-refractivity contribution in [2.45, 2.75) is 45.3 Å². The maximum atomic E-state index is 11.8. The van der Waals surface area contributed by atoms with Crippen LogP contribution in [0.4, 0.5) is 0 Å². The van der Waals surface area contributed by atoms with Crippen LogP contribution in [-0.4, -0.2) is 68.9 Å². The Balaban J connectivity index is 1.20. The normalized spacial score (nSPS) is 26.6. The molecule has 34 heavy (non-hydrogen) atoms. The minimum absolute atomic E-state index is 0.279. The first-order chi connectivity index (χ1) is 16.2. The molecule has 4 aliphatic rings. The molecule has 2 aromatic rings. The molecule has 0 amide bonds. The predicted molar refractivity (Wildman–Crippen MR) is 136 cm³/mol. The van der Waals surface area contributed by atoms with Gasteiger partial charge in [0.05, 0.1) is 6.54 Å². The first kappa shape index (κ1) is 24.3. The molecule has 1 saturated carbocycles. The van der Waals surface area contributed by atoms with E-state index in [1.807, 2.05) is 6.07 Å². The number of fused-ring (bicyclic) bond motifs is 1. The van der Waals surface area contributed by atoms with Crippen molar-refractivity contribution < 1.29 is 5.11 Å². The number of β-amino-alcohol motifs (C(OH)–C–C–N with tert-alkyl or cyclic N) is 1. The molecule has 1 saturated heterocycles. The summed E-state index contributed by atoms with van der Waals surface area (Å²) in [5.74, 6) is 1.69. The van der Waals surface area contributed by atoms with Crippen LogP contribution in [0, 0.1) is 17.3 Å². The SMILES string of the molecule is CC1(C)[C@H]2CC=C(CCN3CCN(CC(O)(Cn4cncn4)c4ccc(Cl)cc4Cl)CC3)[C@@H]1C2. The van der Waals surface area contributed by atoms with Crippen LogP contribution < -0.4 is 0 Å². The molecule has 0 spiro atoms. The molecule has 2 bridgehead atoms. The number of nitrogens with zero attached hydrogens (tertiary/aromatic N) is 5. The standard InChI is InChI=1S/C26H35Cl2N5O/c1-25(2)20-4-3-19(23(25)13-20)7-8-31-9-11-32(12-10-31)15-26(34,16-33-18-29-17-30-33)22-6-5-21(27)14-24(22)28/h3,5-6,14,17-18,20,23,34H,4,7-13,15-16H2,1-2H3/t20-,23-,26?/m0/s1. The van der Waals surface area contributed by atoms with Gasteiger partial charge in [0.15, 0.2) is 0 Å². The predicted octanol–water partition coefficient (Wildman–Crippen LogP) is 4.47. The van der Waals surface area contributed by atoms with Crippen molar-refractivity contribution in [1.29, 1.82) is 0 Å². The number of allylic oxidation sites excluding steroid dienone is 1. The number of rotatable bonds is 8. The molecule has 1 aliphatic heterocycles. The van der Waals surface area contributed by atoms with E-state index in [9.17, 15) is 5.11 Å². The van der Waals surface area contributed by atoms with Gasteiger partial charge in [0.2, 0.25) is 0 Å². The van der Waals surface area contributed by atoms with Gasteiger partial charge >= 0.3 is 0 Å². The molecule has 184 valence electrons. The van der Waals surface area contributed by atoms with Crippen LogP contribution in [0.3, 0.4) is 0 Å². The Bertz CT molecular complexity index is 1030. The number of halogens is 2. The largest absolute Gasteiger partial charge is 0.382 e. The second-order valence-electron chi connectivity index (χ2n) is 10.9. The average Bonchev–Trinajstić information content (AvgIpc) is 3.31. The van der Waals surface area contributed by atoms with Gasteiger partial charge in [-0.2, -0.15) is 5.10 Å². The molecule has 1 unspecified atom stereocenters. The lowest BCUT2D eigenvalue weighted by Crippen LogP contribution is -2.52. The van der Waals surface area contributed by atoms with Crippen LogP contribution in [0.25, 0.3) is 0 Å². The Morgan fingerprint density at radius 3 is 2.53 bits per heavy atom. The highest BCUT2D eigenvalue weighted by atomic mass is 35.5. The highest BCUT2D eigenvalue weighted by Crippen LogP contribution is 2.59. The third-order valence-electron chi connectivity index (χ3n) is 8.57. The third kappa shape index (κ3) is 4.80. The first-order valence-corrected chi connectivity index (χ1v) is 13.1. The van der Waals surface area contributed by atoms with Crippen molar-refractivity contribution in [2.24, 2.45) is 17.3 Å². The van der Waals surface area contributed by atoms with Crippen molar-refractivity contribution in [3.63, 3.8) is 0 Å². The van der Waals surface area contributed by atoms with Crippen LogP contribution in [-0.2, 0) is 12.1 Å². The summed E-state index contributed by atoms with van der Waals surface area (Å²) in [5, 5.41) is 17.1. The zero-order valence-electron chi connectivity index (χ0n) is 20.1. The summed E-state index contributed by atoms with van der Waals surface area (Å²) in [6, 6.07) is 5.29. The molecule has 1 aromatic heterocycles. The minimum atomic E-state index is -1.20. The number of hydrogen-bond donors (Lipinski definition) is 1. The second kappa shape index (κ2) is 9.55. The van der Waals surface area contributed by atoms with Gasteiger partial charge in [-0.05, 0) is 48.6 Å². The number of piperazine rings is 1. The molecular formula is C26H35Cl2N5O. The quantitative estimate of drug-likeness (QED) is 0.538. The highest BCUT2D eigenvalue weighted by molar-refractivity contribution is 6.35. The molecule has 3 atom stereocenters. The Hall–Kier alpha value is -1.44. The summed E-state index contributed by atoms with van der Waals surface area (Å²) in [5.41, 5.74) is 1.66. The van der Waals surface area contributed by atoms with E-state index in [0.29, 0.717) is 27.6 Å². The summed E-state index contributed by atoms with van der Waals surface area (Å²) in [6.45, 7) is 10.6. The molecule has 1 aromatic carbocycles. The number of benzene rings is 1. The third-order valence-corrected chi connectivity index (χ3v) is 9.12. The van der Waals surface area contributed by atoms with Crippen LogP contribution in [0.15, 0.2) is 42.5 Å². The molecule has 6 nitrogen and oxygen atoms in total. The summed E-state index contributed by atoms with van der Waals surface area (Å²) >= 11 is 12.6. The van der Waals surface area contributed by atoms with Crippen LogP contribution in [0.5, 0.6) is 0 Å². The fourth-order valence-corrected chi connectivity index (χ4v) is 6.84. The lowest BCUT2D eigenvalue weighted by molar-refractivity contribution is -0.0300. The monoisotopic (exact) mass is 503 g/mol. The van der Waals surface area contributed by atoms with Crippen molar-refractivity contribution >= 4 is 23.2 Å². The van der Waals surface area contributed by atoms with Crippen molar-refractivity contribution in [3.8, 4) is 0 Å². The molecule has 6 rings (SSSR count). The van der Waals surface area contributed by atoms with E-state index in [-0.39, 0.29) is 6.54 Å². The van der Waals surface area contributed by atoms with Gasteiger partial charge in [0.25, 0.3) is 0 Å². The fraction of sp³-hybridized carbons (Fsp3) is 0.615. The van der Waals surface area contributed by atoms with Crippen molar-refractivity contribution in [1.82, 2.24) is 24.6 Å². The lowest BCUT2D eigenvalue weighted by Gasteiger charge is -2.56. The Morgan fingerprint density at radius 1 is 1.12 bits per heavy atom. The van der Waals surface area contributed by atoms with E-state index in [0.717, 1.165) is 44.6 Å². The number of hydrogen-bond acceptors (Lipinski definition) is 5. The highest BCUT2D eigenvalue weighted by Gasteiger charge is 2.50. The van der Waals surface area contributed by atoms with Gasteiger partial charge in [0, 0.05) is 54.9 Å². The van der Waals surface area contributed by atoms with E-state index in [2.05, 4.69) is 39.8 Å². The van der Waals surface area contributed by atoms with Crippen LogP contribution >= 0.6 is 23.2 Å². The zero-order chi connectivity index (χ0) is 23.9. The van der Waals surface area contributed by atoms with Crippen molar-refractivity contribution in [3.05, 3.63) is 58.1 Å². The minimum Gasteiger partial charge on any atom is -0.382 e. The summed E-state index contributed by atoms with van der Waals surface area (Å²) in [7, 11) is 0. The van der Waals surface area contributed by atoms with Gasteiger partial charge in [0.1, 0.15) is 18.3 Å². The van der Waals surface area contributed by atoms with Gasteiger partial charge in [-0.25, -0.2) is 9.67 Å². The van der Waals surface area contributed by atoms with Crippen molar-refractivity contribution in [2.75, 3.05) is 39.3 Å². The van der Waals surface area contributed by atoms with E-state index < -0.39 is 5.60 Å². The van der Waals surface area contributed by atoms with E-state index >= 15 is 0 Å². The summed E-state index contributed by atoms with van der Waals surface area (Å²) < 4.78 is 1.66. The van der Waals surface area contributed by atoms with Gasteiger partial charge in [-0.1, -0.05) is 54.8 Å². The average molecular weight is 505 g/mol. The van der Waals surface area contributed by atoms with E-state index in [1.54, 1.807) is 28.7 Å². The van der Waals surface area contributed by atoms with Crippen LogP contribution in [0.2, 0.25) is 10.0 Å². The topological polar surface area (TPSA) is 57.4 Å².